The molecule has 0 saturated heterocycles. The van der Waals surface area contributed by atoms with E-state index in [1.807, 2.05) is 71.8 Å². The Bertz CT molecular complexity index is 1260. The molecule has 168 valence electrons. The number of carbonyl (C=O) groups excluding carboxylic acids is 2. The summed E-state index contributed by atoms with van der Waals surface area (Å²) >= 11 is 0. The number of ether oxygens (including phenoxy) is 1. The molecule has 0 spiro atoms. The van der Waals surface area contributed by atoms with Gasteiger partial charge in [0.2, 0.25) is 12.3 Å². The molecule has 1 atom stereocenters. The van der Waals surface area contributed by atoms with Crippen molar-refractivity contribution in [2.24, 2.45) is 11.5 Å². The third-order valence-electron chi connectivity index (χ3n) is 5.41. The van der Waals surface area contributed by atoms with E-state index in [4.69, 9.17) is 15.3 Å². The Morgan fingerprint density at radius 3 is 2.58 bits per heavy atom. The van der Waals surface area contributed by atoms with Gasteiger partial charge in [-0.15, -0.1) is 0 Å². The lowest BCUT2D eigenvalue weighted by molar-refractivity contribution is -0.120. The summed E-state index contributed by atoms with van der Waals surface area (Å²) in [6.45, 7) is 0.814. The van der Waals surface area contributed by atoms with Crippen LogP contribution in [0.4, 0.5) is 17.1 Å². The normalized spacial score (nSPS) is 14.4. The van der Waals surface area contributed by atoms with E-state index in [0.29, 0.717) is 6.54 Å². The van der Waals surface area contributed by atoms with Crippen molar-refractivity contribution in [1.82, 2.24) is 4.98 Å². The van der Waals surface area contributed by atoms with Gasteiger partial charge < -0.3 is 31.4 Å². The Hall–Kier alpha value is -4.46. The first-order valence-corrected chi connectivity index (χ1v) is 10.5. The van der Waals surface area contributed by atoms with E-state index in [9.17, 15) is 4.79 Å². The molecule has 1 aliphatic rings. The minimum absolute atomic E-state index is 0.229. The number of nitrogens with two attached hydrogens (primary N) is 2. The summed E-state index contributed by atoms with van der Waals surface area (Å²) in [5.74, 6) is 0.340. The highest BCUT2D eigenvalue weighted by Gasteiger charge is 2.31. The van der Waals surface area contributed by atoms with E-state index in [-0.39, 0.29) is 13.0 Å². The molecule has 2 amide bonds. The number of nitrogens with zero attached hydrogens (tertiary/aromatic N) is 1. The van der Waals surface area contributed by atoms with Crippen molar-refractivity contribution < 1.29 is 14.3 Å². The van der Waals surface area contributed by atoms with Gasteiger partial charge in [0.1, 0.15) is 18.4 Å². The molecule has 8 heteroatoms. The SMILES string of the molecule is NC(=O)C1COc2cc(Nc3ccc4cc[nH]c4c3)ccc2N1Cc1ccccc1.NC=O. The first kappa shape index (κ1) is 21.8. The van der Waals surface area contributed by atoms with Crippen molar-refractivity contribution >= 4 is 40.3 Å². The topological polar surface area (TPSA) is 126 Å². The maximum Gasteiger partial charge on any atom is 0.243 e. The van der Waals surface area contributed by atoms with Gasteiger partial charge in [-0.3, -0.25) is 9.59 Å². The van der Waals surface area contributed by atoms with E-state index in [1.54, 1.807) is 0 Å². The van der Waals surface area contributed by atoms with Crippen molar-refractivity contribution in [2.75, 3.05) is 16.8 Å². The van der Waals surface area contributed by atoms with Crippen LogP contribution in [0.2, 0.25) is 0 Å². The summed E-state index contributed by atoms with van der Waals surface area (Å²) in [4.78, 5) is 25.9. The highest BCUT2D eigenvalue weighted by Crippen LogP contribution is 2.38. The third-order valence-corrected chi connectivity index (χ3v) is 5.41. The lowest BCUT2D eigenvalue weighted by atomic mass is 10.1. The largest absolute Gasteiger partial charge is 0.489 e. The Balaban J connectivity index is 0.000000821. The molecule has 0 fully saturated rings. The fraction of sp³-hybridized carbons (Fsp3) is 0.120. The van der Waals surface area contributed by atoms with Gasteiger partial charge in [0.15, 0.2) is 0 Å². The molecular formula is C25H25N5O3. The maximum absolute atomic E-state index is 12.0. The fourth-order valence-corrected chi connectivity index (χ4v) is 3.87. The van der Waals surface area contributed by atoms with Crippen LogP contribution in [0, 0.1) is 0 Å². The summed E-state index contributed by atoms with van der Waals surface area (Å²) in [6, 6.07) is 23.7. The van der Waals surface area contributed by atoms with Crippen LogP contribution in [0.1, 0.15) is 5.56 Å². The van der Waals surface area contributed by atoms with E-state index in [2.05, 4.69) is 28.2 Å². The van der Waals surface area contributed by atoms with Gasteiger partial charge in [-0.05, 0) is 41.3 Å². The molecule has 0 aliphatic carbocycles. The molecule has 8 nitrogen and oxygen atoms in total. The van der Waals surface area contributed by atoms with Crippen LogP contribution in [-0.2, 0) is 16.1 Å². The fourth-order valence-electron chi connectivity index (χ4n) is 3.87. The number of rotatable bonds is 5. The van der Waals surface area contributed by atoms with Gasteiger partial charge in [0, 0.05) is 35.7 Å². The maximum atomic E-state index is 12.0. The van der Waals surface area contributed by atoms with Crippen molar-refractivity contribution in [3.8, 4) is 5.75 Å². The van der Waals surface area contributed by atoms with Gasteiger partial charge in [-0.25, -0.2) is 0 Å². The van der Waals surface area contributed by atoms with Gasteiger partial charge in [0.25, 0.3) is 0 Å². The Morgan fingerprint density at radius 2 is 1.82 bits per heavy atom. The minimum Gasteiger partial charge on any atom is -0.489 e. The highest BCUT2D eigenvalue weighted by molar-refractivity contribution is 5.87. The number of amides is 2. The van der Waals surface area contributed by atoms with E-state index in [1.165, 1.54) is 5.39 Å². The third kappa shape index (κ3) is 4.90. The molecule has 1 unspecified atom stereocenters. The van der Waals surface area contributed by atoms with Crippen LogP contribution in [0.15, 0.2) is 79.0 Å². The van der Waals surface area contributed by atoms with Crippen LogP contribution < -0.4 is 26.4 Å². The van der Waals surface area contributed by atoms with Crippen LogP contribution in [0.25, 0.3) is 10.9 Å². The molecule has 1 aliphatic heterocycles. The zero-order valence-electron chi connectivity index (χ0n) is 17.9. The number of aromatic nitrogens is 1. The highest BCUT2D eigenvalue weighted by atomic mass is 16.5. The first-order valence-electron chi connectivity index (χ1n) is 10.5. The second kappa shape index (κ2) is 9.78. The number of primary amides is 2. The number of H-pyrrole nitrogens is 1. The number of benzene rings is 3. The number of hydrogen-bond donors (Lipinski definition) is 4. The summed E-state index contributed by atoms with van der Waals surface area (Å²) in [5.41, 5.74) is 14.8. The number of carbonyl (C=O) groups is 2. The van der Waals surface area contributed by atoms with Crippen molar-refractivity contribution in [2.45, 2.75) is 12.6 Å². The molecule has 2 heterocycles. The number of anilines is 3. The smallest absolute Gasteiger partial charge is 0.243 e. The Morgan fingerprint density at radius 1 is 1.09 bits per heavy atom. The van der Waals surface area contributed by atoms with Crippen molar-refractivity contribution in [1.29, 1.82) is 0 Å². The molecule has 0 bridgehead atoms. The number of fused-ring (bicyclic) bond motifs is 2. The van der Waals surface area contributed by atoms with Gasteiger partial charge in [-0.1, -0.05) is 36.4 Å². The average molecular weight is 444 g/mol. The van der Waals surface area contributed by atoms with Gasteiger partial charge in [0.05, 0.1) is 5.69 Å². The molecule has 0 saturated carbocycles. The van der Waals surface area contributed by atoms with Gasteiger partial charge in [-0.2, -0.15) is 0 Å². The number of nitrogens with one attached hydrogen (secondary N) is 2. The Kier molecular flexibility index (Phi) is 6.45. The molecule has 6 N–H and O–H groups in total. The molecule has 33 heavy (non-hydrogen) atoms. The predicted molar refractivity (Wildman–Crippen MR) is 129 cm³/mol. The molecule has 3 aromatic carbocycles. The van der Waals surface area contributed by atoms with E-state index in [0.717, 1.165) is 33.9 Å². The molecule has 1 aromatic heterocycles. The van der Waals surface area contributed by atoms with Crippen LogP contribution in [0.3, 0.4) is 0 Å². The lowest BCUT2D eigenvalue weighted by Gasteiger charge is -2.37. The van der Waals surface area contributed by atoms with Gasteiger partial charge >= 0.3 is 0 Å². The summed E-state index contributed by atoms with van der Waals surface area (Å²) in [7, 11) is 0. The van der Waals surface area contributed by atoms with Crippen LogP contribution >= 0.6 is 0 Å². The number of aromatic amines is 1. The van der Waals surface area contributed by atoms with E-state index >= 15 is 0 Å². The average Bonchev–Trinajstić information content (AvgIpc) is 3.28. The second-order valence-corrected chi connectivity index (χ2v) is 7.57. The molecule has 0 radical (unpaired) electrons. The monoisotopic (exact) mass is 443 g/mol. The summed E-state index contributed by atoms with van der Waals surface area (Å²) in [6.07, 6.45) is 2.18. The predicted octanol–water partition coefficient (Wildman–Crippen LogP) is 3.27. The summed E-state index contributed by atoms with van der Waals surface area (Å²) in [5, 5.41) is 4.59. The lowest BCUT2D eigenvalue weighted by Crippen LogP contribution is -2.50. The summed E-state index contributed by atoms with van der Waals surface area (Å²) < 4.78 is 5.91. The van der Waals surface area contributed by atoms with Crippen molar-refractivity contribution in [3.05, 3.63) is 84.6 Å². The minimum atomic E-state index is -0.508. The molecular weight excluding hydrogens is 418 g/mol. The zero-order chi connectivity index (χ0) is 23.2. The first-order chi connectivity index (χ1) is 16.1. The van der Waals surface area contributed by atoms with Crippen molar-refractivity contribution in [3.63, 3.8) is 0 Å². The quantitative estimate of drug-likeness (QED) is 0.352. The number of hydrogen-bond acceptors (Lipinski definition) is 5. The van der Waals surface area contributed by atoms with Crippen LogP contribution in [0.5, 0.6) is 5.75 Å². The zero-order valence-corrected chi connectivity index (χ0v) is 17.9. The second-order valence-electron chi connectivity index (χ2n) is 7.57. The molecule has 4 aromatic rings. The van der Waals surface area contributed by atoms with Crippen LogP contribution in [-0.4, -0.2) is 29.9 Å². The molecule has 5 rings (SSSR count). The standard InChI is InChI=1S/C24H22N4O2.CH3NO/c25-24(29)22-15-30-23-13-19(27-18-7-6-17-10-11-26-20(17)12-18)8-9-21(23)28(22)14-16-4-2-1-3-5-16;2-1-3/h1-13,22,26-27H,14-15H2,(H2,25,29);1H,(H2,2,3). The van der Waals surface area contributed by atoms with E-state index < -0.39 is 11.9 Å². The Labute approximate surface area is 191 Å².